The third kappa shape index (κ3) is 2.61. The summed E-state index contributed by atoms with van der Waals surface area (Å²) in [6, 6.07) is 6.63. The Hall–Kier alpha value is -1.68. The highest BCUT2D eigenvalue weighted by molar-refractivity contribution is 5.60. The maximum Gasteiger partial charge on any atom is 0.230 e. The monoisotopic (exact) mass is 271 g/mol. The van der Waals surface area contributed by atoms with E-state index < -0.39 is 0 Å². The number of hydrogen-bond donors (Lipinski definition) is 1. The predicted octanol–water partition coefficient (Wildman–Crippen LogP) is 3.34. The molecule has 2 aromatic rings. The molecule has 20 heavy (non-hydrogen) atoms. The van der Waals surface area contributed by atoms with Crippen LogP contribution < -0.4 is 5.73 Å². The van der Waals surface area contributed by atoms with E-state index in [-0.39, 0.29) is 0 Å². The van der Waals surface area contributed by atoms with E-state index in [1.165, 1.54) is 11.1 Å². The first-order valence-electron chi connectivity index (χ1n) is 7.30. The third-order valence-electron chi connectivity index (χ3n) is 4.19. The molecule has 106 valence electrons. The minimum Gasteiger partial charge on any atom is -0.339 e. The van der Waals surface area contributed by atoms with E-state index in [1.54, 1.807) is 0 Å². The molecule has 0 amide bonds. The molecule has 1 aliphatic rings. The molecule has 1 fully saturated rings. The van der Waals surface area contributed by atoms with Gasteiger partial charge in [-0.05, 0) is 45.1 Å². The van der Waals surface area contributed by atoms with Crippen molar-refractivity contribution in [1.29, 1.82) is 0 Å². The van der Waals surface area contributed by atoms with Crippen LogP contribution in [0.2, 0.25) is 0 Å². The van der Waals surface area contributed by atoms with Crippen LogP contribution in [0, 0.1) is 13.8 Å². The first kappa shape index (κ1) is 13.3. The summed E-state index contributed by atoms with van der Waals surface area (Å²) in [6.07, 6.45) is 4.20. The Bertz CT molecular complexity index is 598. The lowest BCUT2D eigenvalue weighted by Crippen LogP contribution is -2.25. The molecule has 3 rings (SSSR count). The zero-order valence-electron chi connectivity index (χ0n) is 12.1. The van der Waals surface area contributed by atoms with Gasteiger partial charge in [-0.15, -0.1) is 0 Å². The van der Waals surface area contributed by atoms with Crippen molar-refractivity contribution >= 4 is 0 Å². The average molecular weight is 271 g/mol. The van der Waals surface area contributed by atoms with Crippen LogP contribution in [0.1, 0.15) is 48.6 Å². The van der Waals surface area contributed by atoms with Crippen molar-refractivity contribution in [3.05, 3.63) is 35.2 Å². The number of nitrogens with two attached hydrogens (primary N) is 1. The fourth-order valence-electron chi connectivity index (χ4n) is 2.94. The van der Waals surface area contributed by atoms with Gasteiger partial charge < -0.3 is 10.3 Å². The summed E-state index contributed by atoms with van der Waals surface area (Å²) < 4.78 is 5.48. The molecule has 0 bridgehead atoms. The Morgan fingerprint density at radius 2 is 1.90 bits per heavy atom. The molecule has 4 nitrogen and oxygen atoms in total. The molecule has 0 saturated heterocycles. The van der Waals surface area contributed by atoms with Crippen LogP contribution in [0.15, 0.2) is 22.7 Å². The van der Waals surface area contributed by atoms with E-state index in [0.717, 1.165) is 37.1 Å². The van der Waals surface area contributed by atoms with E-state index >= 15 is 0 Å². The molecule has 0 radical (unpaired) electrons. The molecule has 0 aliphatic heterocycles. The van der Waals surface area contributed by atoms with Gasteiger partial charge in [0.1, 0.15) is 0 Å². The van der Waals surface area contributed by atoms with Crippen LogP contribution in [0.3, 0.4) is 0 Å². The summed E-state index contributed by atoms with van der Waals surface area (Å²) in [5.74, 6) is 1.85. The van der Waals surface area contributed by atoms with E-state index in [4.69, 9.17) is 10.3 Å². The topological polar surface area (TPSA) is 64.9 Å². The lowest BCUT2D eigenvalue weighted by Gasteiger charge is -2.22. The van der Waals surface area contributed by atoms with E-state index in [0.29, 0.717) is 17.8 Å². The summed E-state index contributed by atoms with van der Waals surface area (Å²) >= 11 is 0. The second-order valence-corrected chi connectivity index (χ2v) is 5.89. The minimum atomic E-state index is 0.341. The lowest BCUT2D eigenvalue weighted by molar-refractivity contribution is 0.301. The van der Waals surface area contributed by atoms with Crippen LogP contribution in [0.25, 0.3) is 11.4 Å². The van der Waals surface area contributed by atoms with E-state index in [2.05, 4.69) is 42.2 Å². The van der Waals surface area contributed by atoms with Gasteiger partial charge in [-0.1, -0.05) is 28.9 Å². The number of rotatable bonds is 2. The Labute approximate surface area is 119 Å². The predicted molar refractivity (Wildman–Crippen MR) is 78.4 cm³/mol. The maximum absolute atomic E-state index is 5.94. The Balaban J connectivity index is 1.83. The fourth-order valence-corrected chi connectivity index (χ4v) is 2.94. The zero-order valence-corrected chi connectivity index (χ0v) is 12.1. The number of aromatic nitrogens is 2. The molecule has 0 unspecified atom stereocenters. The zero-order chi connectivity index (χ0) is 14.1. The first-order chi connectivity index (χ1) is 9.63. The number of hydrogen-bond acceptors (Lipinski definition) is 4. The number of nitrogens with zero attached hydrogens (tertiary/aromatic N) is 2. The van der Waals surface area contributed by atoms with Gasteiger partial charge in [0.2, 0.25) is 11.7 Å². The molecule has 0 spiro atoms. The van der Waals surface area contributed by atoms with E-state index in [1.807, 2.05) is 0 Å². The molecule has 1 saturated carbocycles. The van der Waals surface area contributed by atoms with Crippen molar-refractivity contribution in [1.82, 2.24) is 10.1 Å². The van der Waals surface area contributed by atoms with Gasteiger partial charge in [-0.2, -0.15) is 4.98 Å². The Morgan fingerprint density at radius 3 is 2.60 bits per heavy atom. The van der Waals surface area contributed by atoms with Crippen molar-refractivity contribution in [3.63, 3.8) is 0 Å². The van der Waals surface area contributed by atoms with Gasteiger partial charge in [-0.25, -0.2) is 0 Å². The highest BCUT2D eigenvalue weighted by Crippen LogP contribution is 2.32. The molecule has 2 N–H and O–H groups in total. The lowest BCUT2D eigenvalue weighted by atomic mass is 9.86. The Morgan fingerprint density at radius 1 is 1.15 bits per heavy atom. The smallest absolute Gasteiger partial charge is 0.230 e. The van der Waals surface area contributed by atoms with Crippen LogP contribution in [0.5, 0.6) is 0 Å². The van der Waals surface area contributed by atoms with Crippen molar-refractivity contribution in [3.8, 4) is 11.4 Å². The second-order valence-electron chi connectivity index (χ2n) is 5.89. The largest absolute Gasteiger partial charge is 0.339 e. The minimum absolute atomic E-state index is 0.341. The van der Waals surface area contributed by atoms with Gasteiger partial charge in [0, 0.05) is 17.5 Å². The highest BCUT2D eigenvalue weighted by Gasteiger charge is 2.25. The molecule has 0 atom stereocenters. The number of aryl methyl sites for hydroxylation is 2. The normalized spacial score (nSPS) is 22.9. The molecular weight excluding hydrogens is 250 g/mol. The van der Waals surface area contributed by atoms with Crippen LogP contribution >= 0.6 is 0 Å². The maximum atomic E-state index is 5.94. The third-order valence-corrected chi connectivity index (χ3v) is 4.19. The van der Waals surface area contributed by atoms with Gasteiger partial charge in [-0.3, -0.25) is 0 Å². The van der Waals surface area contributed by atoms with Crippen molar-refractivity contribution in [2.75, 3.05) is 0 Å². The van der Waals surface area contributed by atoms with Crippen molar-refractivity contribution in [2.24, 2.45) is 5.73 Å². The summed E-state index contributed by atoms with van der Waals surface area (Å²) in [7, 11) is 0. The van der Waals surface area contributed by atoms with Crippen LogP contribution in [-0.4, -0.2) is 16.2 Å². The summed E-state index contributed by atoms with van der Waals surface area (Å²) in [5, 5.41) is 4.15. The highest BCUT2D eigenvalue weighted by atomic mass is 16.5. The fraction of sp³-hybridized carbons (Fsp3) is 0.500. The molecule has 1 heterocycles. The molecule has 1 aliphatic carbocycles. The summed E-state index contributed by atoms with van der Waals surface area (Å²) in [6.45, 7) is 4.17. The van der Waals surface area contributed by atoms with Gasteiger partial charge in [0.05, 0.1) is 0 Å². The summed E-state index contributed by atoms with van der Waals surface area (Å²) in [5.41, 5.74) is 9.42. The van der Waals surface area contributed by atoms with Gasteiger partial charge >= 0.3 is 0 Å². The van der Waals surface area contributed by atoms with Crippen LogP contribution in [0.4, 0.5) is 0 Å². The van der Waals surface area contributed by atoms with Gasteiger partial charge in [0.15, 0.2) is 0 Å². The summed E-state index contributed by atoms with van der Waals surface area (Å²) in [4.78, 5) is 4.60. The average Bonchev–Trinajstić information content (AvgIpc) is 2.89. The molecule has 1 aromatic heterocycles. The van der Waals surface area contributed by atoms with Crippen molar-refractivity contribution < 1.29 is 4.52 Å². The molecule has 4 heteroatoms. The molecule has 1 aromatic carbocycles. The Kier molecular flexibility index (Phi) is 3.57. The van der Waals surface area contributed by atoms with Gasteiger partial charge in [0.25, 0.3) is 0 Å². The first-order valence-corrected chi connectivity index (χ1v) is 7.30. The van der Waals surface area contributed by atoms with E-state index in [9.17, 15) is 0 Å². The quantitative estimate of drug-likeness (QED) is 0.909. The standard InChI is InChI=1S/C16H21N3O/c1-10-3-8-14(11(2)9-10)15-18-16(20-19-15)12-4-6-13(17)7-5-12/h3,8-9,12-13H,4-7,17H2,1-2H3. The number of benzene rings is 1. The molecular formula is C16H21N3O. The van der Waals surface area contributed by atoms with Crippen molar-refractivity contribution in [2.45, 2.75) is 51.5 Å². The second kappa shape index (κ2) is 5.37. The van der Waals surface area contributed by atoms with Crippen LogP contribution in [-0.2, 0) is 0 Å². The SMILES string of the molecule is Cc1ccc(-c2noc(C3CCC(N)CC3)n2)c(C)c1.